The predicted octanol–water partition coefficient (Wildman–Crippen LogP) is 0.986. The van der Waals surface area contributed by atoms with Gasteiger partial charge in [-0.25, -0.2) is 4.79 Å². The number of aromatic carboxylic acids is 1. The first-order valence-corrected chi connectivity index (χ1v) is 6.46. The van der Waals surface area contributed by atoms with Crippen LogP contribution in [0.15, 0.2) is 27.8 Å². The highest BCUT2D eigenvalue weighted by Gasteiger charge is 2.14. The molecule has 7 nitrogen and oxygen atoms in total. The van der Waals surface area contributed by atoms with E-state index in [-0.39, 0.29) is 11.6 Å². The fourth-order valence-corrected chi connectivity index (χ4v) is 2.23. The Labute approximate surface area is 119 Å². The van der Waals surface area contributed by atoms with Crippen LogP contribution in [-0.2, 0) is 4.74 Å². The third-order valence-corrected chi connectivity index (χ3v) is 3.34. The van der Waals surface area contributed by atoms with Crippen LogP contribution in [-0.4, -0.2) is 34.3 Å². The minimum absolute atomic E-state index is 0.0490. The second-order valence-electron chi connectivity index (χ2n) is 4.80. The van der Waals surface area contributed by atoms with Crippen molar-refractivity contribution in [3.63, 3.8) is 0 Å². The number of hydrogen-bond acceptors (Lipinski definition) is 4. The molecule has 0 amide bonds. The van der Waals surface area contributed by atoms with Crippen LogP contribution in [0.3, 0.4) is 0 Å². The largest absolute Gasteiger partial charge is 0.478 e. The van der Waals surface area contributed by atoms with Crippen LogP contribution in [0.25, 0.3) is 11.0 Å². The Balaban J connectivity index is 2.68. The molecule has 0 radical (unpaired) electrons. The number of aromatic nitrogens is 2. The number of fused-ring (bicyclic) bond motifs is 1. The van der Waals surface area contributed by atoms with Crippen molar-refractivity contribution in [2.45, 2.75) is 19.4 Å². The number of carbonyl (C=O) groups is 1. The molecule has 0 saturated heterocycles. The van der Waals surface area contributed by atoms with E-state index in [0.717, 1.165) is 0 Å². The number of methoxy groups -OCH3 is 1. The Bertz CT molecular complexity index is 790. The van der Waals surface area contributed by atoms with Gasteiger partial charge in [-0.1, -0.05) is 0 Å². The monoisotopic (exact) mass is 292 g/mol. The maximum Gasteiger partial charge on any atom is 0.335 e. The van der Waals surface area contributed by atoms with Crippen LogP contribution < -0.4 is 11.1 Å². The third-order valence-electron chi connectivity index (χ3n) is 3.34. The fraction of sp³-hybridized carbons (Fsp3) is 0.357. The molecule has 1 unspecified atom stereocenters. The summed E-state index contributed by atoms with van der Waals surface area (Å²) >= 11 is 0. The molecular weight excluding hydrogens is 276 g/mol. The van der Waals surface area contributed by atoms with E-state index in [2.05, 4.69) is 4.98 Å². The second-order valence-corrected chi connectivity index (χ2v) is 4.80. The predicted molar refractivity (Wildman–Crippen MR) is 77.0 cm³/mol. The summed E-state index contributed by atoms with van der Waals surface area (Å²) < 4.78 is 6.36. The normalized spacial score (nSPS) is 12.5. The van der Waals surface area contributed by atoms with Crippen LogP contribution in [0, 0.1) is 0 Å². The lowest BCUT2D eigenvalue weighted by Crippen LogP contribution is -2.38. The third kappa shape index (κ3) is 2.87. The lowest BCUT2D eigenvalue weighted by Gasteiger charge is -2.17. The molecule has 0 bridgehead atoms. The highest BCUT2D eigenvalue weighted by Crippen LogP contribution is 2.17. The lowest BCUT2D eigenvalue weighted by atomic mass is 10.1. The smallest absolute Gasteiger partial charge is 0.335 e. The SMILES string of the molecule is COCCC(C)n1c(=O)c(=O)[nH]c2cc(C(=O)O)ccc21. The molecule has 1 atom stereocenters. The van der Waals surface area contributed by atoms with E-state index in [9.17, 15) is 14.4 Å². The number of benzene rings is 1. The quantitative estimate of drug-likeness (QED) is 0.800. The number of nitrogens with one attached hydrogen (secondary N) is 1. The minimum atomic E-state index is -1.09. The summed E-state index contributed by atoms with van der Waals surface area (Å²) in [6, 6.07) is 4.04. The summed E-state index contributed by atoms with van der Waals surface area (Å²) in [6.07, 6.45) is 0.565. The molecule has 0 aliphatic rings. The van der Waals surface area contributed by atoms with E-state index in [1.54, 1.807) is 7.11 Å². The van der Waals surface area contributed by atoms with Crippen LogP contribution in [0.4, 0.5) is 0 Å². The van der Waals surface area contributed by atoms with Crippen molar-refractivity contribution in [3.05, 3.63) is 44.5 Å². The topological polar surface area (TPSA) is 101 Å². The number of ether oxygens (including phenoxy) is 1. The summed E-state index contributed by atoms with van der Waals surface area (Å²) in [4.78, 5) is 37.2. The van der Waals surface area contributed by atoms with Gasteiger partial charge < -0.3 is 14.8 Å². The van der Waals surface area contributed by atoms with Gasteiger partial charge in [0.25, 0.3) is 0 Å². The number of H-pyrrole nitrogens is 1. The molecule has 0 aliphatic carbocycles. The molecule has 0 aliphatic heterocycles. The molecule has 0 spiro atoms. The van der Waals surface area contributed by atoms with E-state index in [1.165, 1.54) is 22.8 Å². The Morgan fingerprint density at radius 3 is 2.76 bits per heavy atom. The first-order valence-electron chi connectivity index (χ1n) is 6.46. The molecule has 112 valence electrons. The van der Waals surface area contributed by atoms with E-state index in [1.807, 2.05) is 6.92 Å². The standard InChI is InChI=1S/C14H16N2O5/c1-8(5-6-21-2)16-11-4-3-9(14(19)20)7-10(11)15-12(17)13(16)18/h3-4,7-8H,5-6H2,1-2H3,(H,15,17)(H,19,20). The molecule has 2 rings (SSSR count). The van der Waals surface area contributed by atoms with Crippen LogP contribution >= 0.6 is 0 Å². The lowest BCUT2D eigenvalue weighted by molar-refractivity contribution is 0.0697. The number of hydrogen-bond donors (Lipinski definition) is 2. The first-order chi connectivity index (χ1) is 9.95. The summed E-state index contributed by atoms with van der Waals surface area (Å²) in [6.45, 7) is 2.26. The summed E-state index contributed by atoms with van der Waals surface area (Å²) in [5.41, 5.74) is -0.562. The highest BCUT2D eigenvalue weighted by molar-refractivity contribution is 5.92. The summed E-state index contributed by atoms with van der Waals surface area (Å²) in [5.74, 6) is -1.09. The van der Waals surface area contributed by atoms with Gasteiger partial charge in [0.05, 0.1) is 16.6 Å². The second kappa shape index (κ2) is 5.92. The van der Waals surface area contributed by atoms with Gasteiger partial charge >= 0.3 is 17.1 Å². The first kappa shape index (κ1) is 15.0. The zero-order chi connectivity index (χ0) is 15.6. The van der Waals surface area contributed by atoms with Crippen molar-refractivity contribution in [1.29, 1.82) is 0 Å². The summed E-state index contributed by atoms with van der Waals surface area (Å²) in [7, 11) is 1.56. The van der Waals surface area contributed by atoms with Crippen molar-refractivity contribution in [2.75, 3.05) is 13.7 Å². The molecule has 0 saturated carbocycles. The average molecular weight is 292 g/mol. The van der Waals surface area contributed by atoms with Crippen molar-refractivity contribution >= 4 is 17.0 Å². The van der Waals surface area contributed by atoms with Crippen molar-refractivity contribution in [3.8, 4) is 0 Å². The maximum atomic E-state index is 12.1. The van der Waals surface area contributed by atoms with E-state index in [0.29, 0.717) is 24.1 Å². The summed E-state index contributed by atoms with van der Waals surface area (Å²) in [5, 5.41) is 8.99. The Morgan fingerprint density at radius 2 is 2.14 bits per heavy atom. The molecule has 0 fully saturated rings. The molecule has 1 aromatic carbocycles. The number of rotatable bonds is 5. The van der Waals surface area contributed by atoms with Gasteiger partial charge in [-0.05, 0) is 31.5 Å². The Morgan fingerprint density at radius 1 is 1.43 bits per heavy atom. The molecule has 2 N–H and O–H groups in total. The van der Waals surface area contributed by atoms with E-state index < -0.39 is 17.1 Å². The van der Waals surface area contributed by atoms with Crippen LogP contribution in [0.5, 0.6) is 0 Å². The van der Waals surface area contributed by atoms with Crippen LogP contribution in [0.2, 0.25) is 0 Å². The number of nitrogens with zero attached hydrogens (tertiary/aromatic N) is 1. The van der Waals surface area contributed by atoms with Crippen molar-refractivity contribution in [1.82, 2.24) is 9.55 Å². The number of carboxylic acid groups (broad SMARTS) is 1. The zero-order valence-corrected chi connectivity index (χ0v) is 11.8. The van der Waals surface area contributed by atoms with Gasteiger partial charge in [0.2, 0.25) is 0 Å². The van der Waals surface area contributed by atoms with Gasteiger partial charge in [-0.3, -0.25) is 14.2 Å². The Kier molecular flexibility index (Phi) is 4.23. The Hall–Kier alpha value is -2.41. The fourth-order valence-electron chi connectivity index (χ4n) is 2.23. The molecule has 1 aromatic heterocycles. The maximum absolute atomic E-state index is 12.1. The molecule has 7 heteroatoms. The zero-order valence-electron chi connectivity index (χ0n) is 11.8. The molecule has 2 aromatic rings. The average Bonchev–Trinajstić information content (AvgIpc) is 2.45. The number of aromatic amines is 1. The molecule has 1 heterocycles. The van der Waals surface area contributed by atoms with E-state index in [4.69, 9.17) is 9.84 Å². The molecular formula is C14H16N2O5. The van der Waals surface area contributed by atoms with Crippen LogP contribution in [0.1, 0.15) is 29.7 Å². The van der Waals surface area contributed by atoms with Crippen molar-refractivity contribution in [2.24, 2.45) is 0 Å². The van der Waals surface area contributed by atoms with Gasteiger partial charge in [0, 0.05) is 19.8 Å². The minimum Gasteiger partial charge on any atom is -0.478 e. The van der Waals surface area contributed by atoms with Gasteiger partial charge in [0.15, 0.2) is 0 Å². The van der Waals surface area contributed by atoms with E-state index >= 15 is 0 Å². The number of carboxylic acids is 1. The highest BCUT2D eigenvalue weighted by atomic mass is 16.5. The van der Waals surface area contributed by atoms with Gasteiger partial charge in [-0.15, -0.1) is 0 Å². The molecule has 21 heavy (non-hydrogen) atoms. The van der Waals surface area contributed by atoms with Gasteiger partial charge in [-0.2, -0.15) is 0 Å². The van der Waals surface area contributed by atoms with Crippen molar-refractivity contribution < 1.29 is 14.6 Å². The van der Waals surface area contributed by atoms with Gasteiger partial charge in [0.1, 0.15) is 0 Å².